The van der Waals surface area contributed by atoms with Gasteiger partial charge in [0.1, 0.15) is 22.7 Å². The number of hydrogen-bond donors (Lipinski definition) is 2. The number of fused-ring (bicyclic) bond motifs is 1. The maximum Gasteiger partial charge on any atom is 0.274 e. The van der Waals surface area contributed by atoms with Crippen LogP contribution in [0.2, 0.25) is 0 Å². The summed E-state index contributed by atoms with van der Waals surface area (Å²) in [7, 11) is 0.238. The topological polar surface area (TPSA) is 113 Å². The van der Waals surface area contributed by atoms with E-state index in [9.17, 15) is 18.0 Å². The summed E-state index contributed by atoms with van der Waals surface area (Å²) < 4.78 is 33.0. The number of para-hydroxylation sites is 1. The minimum atomic E-state index is -3.54. The Balaban J connectivity index is 1.47. The standard InChI is InChI=1S/C34H42N4O5S/c1-22-11-9-12-23(2)32(22)43-30-16-15-25(44(5,41)42)19-26(30)28-21-38(4)34(40)31-27(28)20-29(36-31)33(39)35-17-10-18-37(3)24-13-7-6-8-14-24/h9,11-12,15-16,19-21,24,36H,6-8,10,13-14,17-18H2,1-5H3,(H,35,39). The first kappa shape index (κ1) is 31.5. The van der Waals surface area contributed by atoms with Crippen LogP contribution in [-0.2, 0) is 16.9 Å². The summed E-state index contributed by atoms with van der Waals surface area (Å²) in [6.07, 6.45) is 9.99. The number of nitrogens with one attached hydrogen (secondary N) is 2. The predicted octanol–water partition coefficient (Wildman–Crippen LogP) is 5.73. The van der Waals surface area contributed by atoms with Crippen molar-refractivity contribution >= 4 is 26.6 Å². The Morgan fingerprint density at radius 3 is 2.45 bits per heavy atom. The van der Waals surface area contributed by atoms with Gasteiger partial charge >= 0.3 is 0 Å². The first-order chi connectivity index (χ1) is 20.9. The molecule has 0 spiro atoms. The summed E-state index contributed by atoms with van der Waals surface area (Å²) in [5.74, 6) is 0.806. The Morgan fingerprint density at radius 2 is 1.77 bits per heavy atom. The molecule has 1 amide bonds. The number of amides is 1. The van der Waals surface area contributed by atoms with Gasteiger partial charge in [-0.2, -0.15) is 0 Å². The highest BCUT2D eigenvalue weighted by molar-refractivity contribution is 7.90. The molecule has 0 radical (unpaired) electrons. The molecule has 0 atom stereocenters. The molecule has 2 N–H and O–H groups in total. The van der Waals surface area contributed by atoms with E-state index in [1.165, 1.54) is 42.7 Å². The molecule has 4 aromatic rings. The molecule has 9 nitrogen and oxygen atoms in total. The van der Waals surface area contributed by atoms with Crippen molar-refractivity contribution in [2.45, 2.75) is 63.3 Å². The fourth-order valence-electron chi connectivity index (χ4n) is 6.11. The zero-order valence-electron chi connectivity index (χ0n) is 26.2. The molecule has 0 aliphatic heterocycles. The average Bonchev–Trinajstić information content (AvgIpc) is 3.45. The molecule has 5 rings (SSSR count). The van der Waals surface area contributed by atoms with Crippen molar-refractivity contribution in [2.24, 2.45) is 7.05 Å². The number of nitrogens with zero attached hydrogens (tertiary/aromatic N) is 2. The maximum atomic E-state index is 13.2. The highest BCUT2D eigenvalue weighted by Gasteiger charge is 2.22. The normalized spacial score (nSPS) is 14.3. The molecule has 2 heterocycles. The maximum absolute atomic E-state index is 13.2. The molecule has 1 fully saturated rings. The third-order valence-electron chi connectivity index (χ3n) is 8.67. The van der Waals surface area contributed by atoms with Crippen LogP contribution in [-0.4, -0.2) is 61.2 Å². The van der Waals surface area contributed by atoms with Crippen molar-refractivity contribution < 1.29 is 17.9 Å². The van der Waals surface area contributed by atoms with Gasteiger partial charge in [-0.05, 0) is 82.1 Å². The van der Waals surface area contributed by atoms with Crippen LogP contribution in [0.5, 0.6) is 11.5 Å². The zero-order valence-corrected chi connectivity index (χ0v) is 27.0. The minimum Gasteiger partial charge on any atom is -0.456 e. The van der Waals surface area contributed by atoms with E-state index in [1.54, 1.807) is 31.4 Å². The lowest BCUT2D eigenvalue weighted by Gasteiger charge is -2.31. The summed E-state index contributed by atoms with van der Waals surface area (Å²) in [6.45, 7) is 5.31. The van der Waals surface area contributed by atoms with Crippen LogP contribution >= 0.6 is 0 Å². The number of rotatable bonds is 10. The van der Waals surface area contributed by atoms with Gasteiger partial charge < -0.3 is 24.5 Å². The third kappa shape index (κ3) is 6.76. The summed E-state index contributed by atoms with van der Waals surface area (Å²) in [5, 5.41) is 3.49. The molecule has 0 unspecified atom stereocenters. The number of H-pyrrole nitrogens is 1. The molecule has 44 heavy (non-hydrogen) atoms. The van der Waals surface area contributed by atoms with Crippen molar-refractivity contribution in [3.8, 4) is 22.6 Å². The van der Waals surface area contributed by atoms with Gasteiger partial charge in [-0.15, -0.1) is 0 Å². The van der Waals surface area contributed by atoms with Crippen LogP contribution in [0.4, 0.5) is 0 Å². The molecule has 1 aliphatic carbocycles. The molecule has 0 bridgehead atoms. The van der Waals surface area contributed by atoms with E-state index in [0.29, 0.717) is 40.6 Å². The average molecular weight is 619 g/mol. The van der Waals surface area contributed by atoms with E-state index in [0.717, 1.165) is 30.3 Å². The summed E-state index contributed by atoms with van der Waals surface area (Å²) in [4.78, 5) is 31.9. The summed E-state index contributed by atoms with van der Waals surface area (Å²) >= 11 is 0. The fourth-order valence-corrected chi connectivity index (χ4v) is 6.76. The monoisotopic (exact) mass is 618 g/mol. The van der Waals surface area contributed by atoms with Gasteiger partial charge in [-0.3, -0.25) is 9.59 Å². The number of aromatic nitrogens is 2. The summed E-state index contributed by atoms with van der Waals surface area (Å²) in [6, 6.07) is 12.8. The van der Waals surface area contributed by atoms with Crippen LogP contribution in [0.1, 0.15) is 60.1 Å². The molecule has 2 aromatic carbocycles. The number of ether oxygens (including phenoxy) is 1. The number of benzene rings is 2. The number of sulfone groups is 1. The quantitative estimate of drug-likeness (QED) is 0.220. The molecule has 10 heteroatoms. The van der Waals surface area contributed by atoms with E-state index in [1.807, 2.05) is 32.0 Å². The second-order valence-electron chi connectivity index (χ2n) is 12.1. The lowest BCUT2D eigenvalue weighted by molar-refractivity contribution is 0.0946. The van der Waals surface area contributed by atoms with Crippen LogP contribution in [0.25, 0.3) is 22.0 Å². The van der Waals surface area contributed by atoms with Crippen molar-refractivity contribution in [3.63, 3.8) is 0 Å². The van der Waals surface area contributed by atoms with Gasteiger partial charge in [0.2, 0.25) is 0 Å². The highest BCUT2D eigenvalue weighted by Crippen LogP contribution is 2.40. The van der Waals surface area contributed by atoms with E-state index < -0.39 is 9.84 Å². The predicted molar refractivity (Wildman–Crippen MR) is 175 cm³/mol. The van der Waals surface area contributed by atoms with Gasteiger partial charge in [0.15, 0.2) is 9.84 Å². The van der Waals surface area contributed by atoms with Crippen LogP contribution in [0, 0.1) is 13.8 Å². The molecule has 1 aliphatic rings. The fraction of sp³-hybridized carbons (Fsp3) is 0.412. The van der Waals surface area contributed by atoms with E-state index in [2.05, 4.69) is 22.2 Å². The lowest BCUT2D eigenvalue weighted by Crippen LogP contribution is -2.35. The number of pyridine rings is 1. The largest absolute Gasteiger partial charge is 0.456 e. The van der Waals surface area contributed by atoms with Crippen LogP contribution < -0.4 is 15.6 Å². The SMILES string of the molecule is Cc1cccc(C)c1Oc1ccc(S(C)(=O)=O)cc1-c1cn(C)c(=O)c2[nH]c(C(=O)NCCCN(C)C3CCCCC3)cc12. The smallest absolute Gasteiger partial charge is 0.274 e. The number of aryl methyl sites for hydroxylation is 3. The van der Waals surface area contributed by atoms with Gasteiger partial charge in [-0.1, -0.05) is 37.5 Å². The van der Waals surface area contributed by atoms with Crippen LogP contribution in [0.3, 0.4) is 0 Å². The van der Waals surface area contributed by atoms with Crippen LogP contribution in [0.15, 0.2) is 58.4 Å². The summed E-state index contributed by atoms with van der Waals surface area (Å²) in [5.41, 5.74) is 3.15. The molecule has 0 saturated heterocycles. The molecule has 234 valence electrons. The Kier molecular flexibility index (Phi) is 9.31. The van der Waals surface area contributed by atoms with E-state index in [-0.39, 0.29) is 27.6 Å². The first-order valence-electron chi connectivity index (χ1n) is 15.2. The first-order valence-corrected chi connectivity index (χ1v) is 17.1. The molecule has 2 aromatic heterocycles. The van der Waals surface area contributed by atoms with Crippen molar-refractivity contribution in [1.29, 1.82) is 0 Å². The lowest BCUT2D eigenvalue weighted by atomic mass is 9.94. The Morgan fingerprint density at radius 1 is 1.07 bits per heavy atom. The molecular formula is C34H42N4O5S. The number of carbonyl (C=O) groups is 1. The molecular weight excluding hydrogens is 576 g/mol. The van der Waals surface area contributed by atoms with Crippen molar-refractivity contribution in [3.05, 3.63) is 75.8 Å². The van der Waals surface area contributed by atoms with Crippen molar-refractivity contribution in [1.82, 2.24) is 19.8 Å². The number of aromatic amines is 1. The van der Waals surface area contributed by atoms with Crippen molar-refractivity contribution in [2.75, 3.05) is 26.4 Å². The minimum absolute atomic E-state index is 0.120. The van der Waals surface area contributed by atoms with E-state index in [4.69, 9.17) is 4.74 Å². The van der Waals surface area contributed by atoms with Gasteiger partial charge in [0.25, 0.3) is 11.5 Å². The van der Waals surface area contributed by atoms with Gasteiger partial charge in [-0.25, -0.2) is 8.42 Å². The second kappa shape index (κ2) is 13.0. The van der Waals surface area contributed by atoms with E-state index >= 15 is 0 Å². The highest BCUT2D eigenvalue weighted by atomic mass is 32.2. The Hall–Kier alpha value is -3.89. The van der Waals surface area contributed by atoms with Gasteiger partial charge in [0, 0.05) is 48.6 Å². The van der Waals surface area contributed by atoms with Gasteiger partial charge in [0.05, 0.1) is 4.90 Å². The zero-order chi connectivity index (χ0) is 31.6. The molecule has 1 saturated carbocycles. The Bertz CT molecular complexity index is 1830. The number of hydrogen-bond acceptors (Lipinski definition) is 6. The third-order valence-corrected chi connectivity index (χ3v) is 9.78. The Labute approximate surface area is 259 Å². The number of carbonyl (C=O) groups excluding carboxylic acids is 1. The second-order valence-corrected chi connectivity index (χ2v) is 14.1.